The van der Waals surface area contributed by atoms with Crippen LogP contribution in [0.2, 0.25) is 10.0 Å². The molecule has 0 aliphatic rings. The van der Waals surface area contributed by atoms with Crippen molar-refractivity contribution in [1.82, 2.24) is 4.90 Å². The molecule has 0 bridgehead atoms. The summed E-state index contributed by atoms with van der Waals surface area (Å²) in [6, 6.07) is 20.6. The van der Waals surface area contributed by atoms with Crippen molar-refractivity contribution in [1.29, 1.82) is 0 Å². The highest BCUT2D eigenvalue weighted by atomic mass is 35.5. The second-order valence-electron chi connectivity index (χ2n) is 9.61. The topological polar surface area (TPSA) is 117 Å². The number of anilines is 2. The third kappa shape index (κ3) is 7.84. The van der Waals surface area contributed by atoms with Crippen LogP contribution in [0.4, 0.5) is 11.4 Å². The predicted octanol–water partition coefficient (Wildman–Crippen LogP) is 6.56. The molecule has 0 saturated heterocycles. The van der Waals surface area contributed by atoms with Gasteiger partial charge >= 0.3 is 0 Å². The van der Waals surface area contributed by atoms with E-state index in [1.54, 1.807) is 61.5 Å². The van der Waals surface area contributed by atoms with Crippen LogP contribution in [-0.4, -0.2) is 37.5 Å². The lowest BCUT2D eigenvalue weighted by atomic mass is 10.1. The number of halogens is 2. The van der Waals surface area contributed by atoms with E-state index in [4.69, 9.17) is 27.6 Å². The molecule has 0 atom stereocenters. The highest BCUT2D eigenvalue weighted by molar-refractivity contribution is 7.92. The molecule has 0 aliphatic heterocycles. The standard InChI is InChI=1S/C31H29Cl2N3O6S/c1-3-36(43(40,41)26-13-11-24(12-14-26)34-30(38)17-21(2)37)29-15-10-23(32)18-22(29)19-35(20-25-7-6-16-42-25)31(39)27-8-4-5-9-28(27)33/h4-16,18H,3,17,19-20H2,1-2H3,(H,34,38). The van der Waals surface area contributed by atoms with Gasteiger partial charge in [0.15, 0.2) is 0 Å². The van der Waals surface area contributed by atoms with Gasteiger partial charge in [0, 0.05) is 23.8 Å². The second kappa shape index (κ2) is 13.9. The highest BCUT2D eigenvalue weighted by Gasteiger charge is 2.28. The normalized spacial score (nSPS) is 11.2. The van der Waals surface area contributed by atoms with Gasteiger partial charge in [-0.3, -0.25) is 18.7 Å². The van der Waals surface area contributed by atoms with Crippen molar-refractivity contribution >= 4 is 62.2 Å². The third-order valence-electron chi connectivity index (χ3n) is 6.41. The summed E-state index contributed by atoms with van der Waals surface area (Å²) < 4.78 is 34.5. The predicted molar refractivity (Wildman–Crippen MR) is 166 cm³/mol. The third-order valence-corrected chi connectivity index (χ3v) is 8.88. The summed E-state index contributed by atoms with van der Waals surface area (Å²) in [7, 11) is -4.09. The summed E-state index contributed by atoms with van der Waals surface area (Å²) in [6.45, 7) is 3.17. The maximum Gasteiger partial charge on any atom is 0.264 e. The van der Waals surface area contributed by atoms with Gasteiger partial charge in [-0.2, -0.15) is 0 Å². The van der Waals surface area contributed by atoms with E-state index in [2.05, 4.69) is 5.32 Å². The number of rotatable bonds is 12. The first-order valence-corrected chi connectivity index (χ1v) is 15.5. The minimum absolute atomic E-state index is 0.00616. The molecule has 0 radical (unpaired) electrons. The lowest BCUT2D eigenvalue weighted by Gasteiger charge is -2.28. The summed E-state index contributed by atoms with van der Waals surface area (Å²) in [5.74, 6) is -0.624. The average molecular weight is 643 g/mol. The molecule has 0 saturated carbocycles. The molecule has 1 N–H and O–H groups in total. The van der Waals surface area contributed by atoms with E-state index in [0.717, 1.165) is 0 Å². The molecule has 0 aliphatic carbocycles. The molecule has 0 spiro atoms. The molecule has 2 amide bonds. The number of Topliss-reactive ketones (excluding diaryl/α,β-unsaturated/α-hetero) is 1. The van der Waals surface area contributed by atoms with E-state index < -0.39 is 15.9 Å². The molecule has 1 heterocycles. The van der Waals surface area contributed by atoms with Gasteiger partial charge in [0.1, 0.15) is 11.5 Å². The minimum Gasteiger partial charge on any atom is -0.467 e. The van der Waals surface area contributed by atoms with Crippen molar-refractivity contribution in [3.63, 3.8) is 0 Å². The van der Waals surface area contributed by atoms with E-state index in [-0.39, 0.29) is 53.2 Å². The van der Waals surface area contributed by atoms with Crippen molar-refractivity contribution in [2.75, 3.05) is 16.2 Å². The largest absolute Gasteiger partial charge is 0.467 e. The van der Waals surface area contributed by atoms with Gasteiger partial charge in [-0.15, -0.1) is 0 Å². The Hall–Kier alpha value is -4.12. The lowest BCUT2D eigenvalue weighted by molar-refractivity contribution is -0.124. The van der Waals surface area contributed by atoms with Crippen LogP contribution in [0, 0.1) is 0 Å². The van der Waals surface area contributed by atoms with Crippen LogP contribution in [0.15, 0.2) is 94.4 Å². The number of sulfonamides is 1. The highest BCUT2D eigenvalue weighted by Crippen LogP contribution is 2.32. The maximum absolute atomic E-state index is 13.9. The molecule has 9 nitrogen and oxygen atoms in total. The van der Waals surface area contributed by atoms with Crippen LogP contribution in [0.1, 0.15) is 41.9 Å². The van der Waals surface area contributed by atoms with Crippen LogP contribution < -0.4 is 9.62 Å². The Balaban J connectivity index is 1.68. The monoisotopic (exact) mass is 641 g/mol. The average Bonchev–Trinajstić information content (AvgIpc) is 3.47. The van der Waals surface area contributed by atoms with Gasteiger partial charge in [0.25, 0.3) is 15.9 Å². The molecular weight excluding hydrogens is 613 g/mol. The second-order valence-corrected chi connectivity index (χ2v) is 12.3. The summed E-state index contributed by atoms with van der Waals surface area (Å²) in [6.07, 6.45) is 1.22. The molecule has 4 aromatic rings. The van der Waals surface area contributed by atoms with Gasteiger partial charge in [-0.05, 0) is 86.1 Å². The number of ketones is 1. The summed E-state index contributed by atoms with van der Waals surface area (Å²) in [5, 5.41) is 3.21. The number of carbonyl (C=O) groups excluding carboxylic acids is 3. The van der Waals surface area contributed by atoms with Gasteiger partial charge in [-0.1, -0.05) is 35.3 Å². The Labute approximate surface area is 260 Å². The Morgan fingerprint density at radius 2 is 1.63 bits per heavy atom. The van der Waals surface area contributed by atoms with Crippen molar-refractivity contribution in [2.45, 2.75) is 38.3 Å². The molecule has 43 heavy (non-hydrogen) atoms. The number of nitrogens with zero attached hydrogens (tertiary/aromatic N) is 2. The molecule has 1 aromatic heterocycles. The Kier molecular flexibility index (Phi) is 10.3. The number of hydrogen-bond acceptors (Lipinski definition) is 6. The first kappa shape index (κ1) is 31.8. The Bertz CT molecular complexity index is 1720. The minimum atomic E-state index is -4.09. The van der Waals surface area contributed by atoms with E-state index in [1.807, 2.05) is 0 Å². The zero-order chi connectivity index (χ0) is 31.1. The summed E-state index contributed by atoms with van der Waals surface area (Å²) >= 11 is 12.7. The number of benzene rings is 3. The fourth-order valence-electron chi connectivity index (χ4n) is 4.46. The van der Waals surface area contributed by atoms with Crippen molar-refractivity contribution in [3.8, 4) is 0 Å². The van der Waals surface area contributed by atoms with E-state index >= 15 is 0 Å². The molecule has 0 unspecified atom stereocenters. The van der Waals surface area contributed by atoms with E-state index in [9.17, 15) is 22.8 Å². The van der Waals surface area contributed by atoms with Crippen LogP contribution in [0.3, 0.4) is 0 Å². The van der Waals surface area contributed by atoms with Gasteiger partial charge in [0.2, 0.25) is 5.91 Å². The van der Waals surface area contributed by atoms with Crippen molar-refractivity contribution in [3.05, 3.63) is 112 Å². The number of nitrogens with one attached hydrogen (secondary N) is 1. The smallest absolute Gasteiger partial charge is 0.264 e. The zero-order valence-corrected chi connectivity index (χ0v) is 25.7. The molecular formula is C31H29Cl2N3O6S. The van der Waals surface area contributed by atoms with E-state index in [1.165, 1.54) is 46.7 Å². The number of hydrogen-bond donors (Lipinski definition) is 1. The van der Waals surface area contributed by atoms with Crippen LogP contribution >= 0.6 is 23.2 Å². The molecule has 3 aromatic carbocycles. The number of furan rings is 1. The number of carbonyl (C=O) groups is 3. The molecule has 4 rings (SSSR count). The summed E-state index contributed by atoms with van der Waals surface area (Å²) in [5.41, 5.74) is 1.46. The van der Waals surface area contributed by atoms with Crippen molar-refractivity contribution < 1.29 is 27.2 Å². The van der Waals surface area contributed by atoms with Crippen LogP contribution in [0.5, 0.6) is 0 Å². The fourth-order valence-corrected chi connectivity index (χ4v) is 6.39. The number of amides is 2. The van der Waals surface area contributed by atoms with Crippen LogP contribution in [-0.2, 0) is 32.7 Å². The SMILES string of the molecule is CCN(c1ccc(Cl)cc1CN(Cc1ccco1)C(=O)c1ccccc1Cl)S(=O)(=O)c1ccc(NC(=O)CC(C)=O)cc1. The lowest BCUT2D eigenvalue weighted by Crippen LogP contribution is -2.34. The first-order chi connectivity index (χ1) is 20.5. The van der Waals surface area contributed by atoms with Crippen LogP contribution in [0.25, 0.3) is 0 Å². The Morgan fingerprint density at radius 3 is 2.26 bits per heavy atom. The van der Waals surface area contributed by atoms with Gasteiger partial charge in [-0.25, -0.2) is 8.42 Å². The maximum atomic E-state index is 13.9. The van der Waals surface area contributed by atoms with Crippen molar-refractivity contribution in [2.24, 2.45) is 0 Å². The zero-order valence-electron chi connectivity index (χ0n) is 23.4. The van der Waals surface area contributed by atoms with E-state index in [0.29, 0.717) is 27.7 Å². The molecule has 224 valence electrons. The fraction of sp³-hybridized carbons (Fsp3) is 0.194. The first-order valence-electron chi connectivity index (χ1n) is 13.3. The Morgan fingerprint density at radius 1 is 0.907 bits per heavy atom. The van der Waals surface area contributed by atoms with Gasteiger partial charge < -0.3 is 14.6 Å². The quantitative estimate of drug-likeness (QED) is 0.175. The van der Waals surface area contributed by atoms with Gasteiger partial charge in [0.05, 0.1) is 40.4 Å². The molecule has 0 fully saturated rings. The summed E-state index contributed by atoms with van der Waals surface area (Å²) in [4.78, 5) is 38.3. The molecule has 12 heteroatoms.